The molecule has 9 aromatic carbocycles. The average Bonchev–Trinajstić information content (AvgIpc) is 0.765. The van der Waals surface area contributed by atoms with E-state index in [4.69, 9.17) is 38.4 Å². The van der Waals surface area contributed by atoms with Gasteiger partial charge in [-0.05, 0) is 274 Å². The van der Waals surface area contributed by atoms with Crippen LogP contribution in [0.3, 0.4) is 0 Å². The van der Waals surface area contributed by atoms with Crippen LogP contribution in [-0.2, 0) is 8.85 Å². The first-order valence-electron chi connectivity index (χ1n) is 40.1. The topological polar surface area (TPSA) is 182 Å². The normalized spacial score (nSPS) is 12.3. The summed E-state index contributed by atoms with van der Waals surface area (Å²) >= 11 is 3.37. The summed E-state index contributed by atoms with van der Waals surface area (Å²) in [6.45, 7) is 49.6. The molecule has 19 heteroatoms. The molecule has 0 radical (unpaired) electrons. The molecule has 2 N–H and O–H groups in total. The van der Waals surface area contributed by atoms with Crippen molar-refractivity contribution in [2.75, 3.05) is 38.4 Å². The molecule has 0 amide bonds. The number of alkyl halides is 1. The largest absolute Gasteiger partial charge is 0.507 e. The molecule has 3 atom stereocenters. The number of aliphatic hydroxyl groups excluding tert-OH is 1. The van der Waals surface area contributed by atoms with Crippen LogP contribution >= 0.6 is 15.9 Å². The van der Waals surface area contributed by atoms with E-state index in [1.54, 1.807) is 13.7 Å². The molecule has 0 bridgehead atoms. The zero-order valence-corrected chi connectivity index (χ0v) is 75.2. The molecular formula is C98H128BrFN6O9Si2. The van der Waals surface area contributed by atoms with Crippen molar-refractivity contribution < 1.29 is 33.2 Å². The molecule has 117 heavy (non-hydrogen) atoms. The van der Waals surface area contributed by atoms with Crippen molar-refractivity contribution in [1.29, 1.82) is 0 Å². The average molecular weight is 1690 g/mol. The van der Waals surface area contributed by atoms with Crippen LogP contribution in [0.5, 0.6) is 17.2 Å². The van der Waals surface area contributed by atoms with Crippen LogP contribution in [0.15, 0.2) is 196 Å². The number of halogens is 2. The second kappa shape index (κ2) is 41.8. The van der Waals surface area contributed by atoms with E-state index in [9.17, 15) is 19.5 Å². The fourth-order valence-electron chi connectivity index (χ4n) is 13.3. The third kappa shape index (κ3) is 22.7. The minimum Gasteiger partial charge on any atom is -0.507 e. The maximum Gasteiger partial charge on any atom is 0.266 e. The Labute approximate surface area is 705 Å². The monoisotopic (exact) mass is 1690 g/mol. The number of para-hydroxylation sites is 3. The lowest BCUT2D eigenvalue weighted by Gasteiger charge is -2.36. The molecule has 12 aromatic rings. The molecule has 0 spiro atoms. The lowest BCUT2D eigenvalue weighted by atomic mass is 9.98. The Balaban J connectivity index is 0.000000255. The molecule has 3 heterocycles. The molecular weight excluding hydrogens is 1560 g/mol. The maximum absolute atomic E-state index is 13.8. The molecule has 12 rings (SSSR count). The lowest BCUT2D eigenvalue weighted by molar-refractivity contribution is 0.200. The summed E-state index contributed by atoms with van der Waals surface area (Å²) in [5.74, 6) is 5.05. The highest BCUT2D eigenvalue weighted by atomic mass is 79.9. The van der Waals surface area contributed by atoms with E-state index in [-0.39, 0.29) is 60.2 Å². The molecule has 3 aromatic heterocycles. The first-order valence-corrected chi connectivity index (χ1v) is 47.0. The van der Waals surface area contributed by atoms with Crippen molar-refractivity contribution in [2.45, 2.75) is 213 Å². The smallest absolute Gasteiger partial charge is 0.266 e. The summed E-state index contributed by atoms with van der Waals surface area (Å²) < 4.78 is 29.2. The van der Waals surface area contributed by atoms with Gasteiger partial charge in [-0.3, -0.25) is 32.8 Å². The highest BCUT2D eigenvalue weighted by Crippen LogP contribution is 2.40. The van der Waals surface area contributed by atoms with E-state index in [2.05, 4.69) is 174 Å². The molecule has 626 valence electrons. The number of aryl methyl sites for hydroxylation is 6. The Morgan fingerprint density at radius 1 is 0.410 bits per heavy atom. The number of benzene rings is 9. The first kappa shape index (κ1) is 96.4. The molecule has 15 nitrogen and oxygen atoms in total. The number of aromatic hydroxyl groups is 1. The fraction of sp³-hybridized carbons (Fsp3) is 0.388. The van der Waals surface area contributed by atoms with Crippen molar-refractivity contribution in [3.8, 4) is 68.5 Å². The fourth-order valence-corrected chi connectivity index (χ4v) is 15.8. The van der Waals surface area contributed by atoms with E-state index >= 15 is 0 Å². The van der Waals surface area contributed by atoms with Gasteiger partial charge in [0.25, 0.3) is 16.7 Å². The van der Waals surface area contributed by atoms with Crippen LogP contribution in [0.1, 0.15) is 185 Å². The van der Waals surface area contributed by atoms with Gasteiger partial charge < -0.3 is 28.5 Å². The number of hydrogen-bond donors (Lipinski definition) is 2. The van der Waals surface area contributed by atoms with E-state index in [0.717, 1.165) is 110 Å². The van der Waals surface area contributed by atoms with Gasteiger partial charge in [0.2, 0.25) is 0 Å². The number of phenols is 1. The Morgan fingerprint density at radius 3 is 0.940 bits per heavy atom. The lowest BCUT2D eigenvalue weighted by Crippen LogP contribution is -2.41. The maximum atomic E-state index is 13.8. The van der Waals surface area contributed by atoms with Gasteiger partial charge in [-0.1, -0.05) is 187 Å². The van der Waals surface area contributed by atoms with Crippen molar-refractivity contribution >= 4 is 65.3 Å². The Hall–Kier alpha value is -9.48. The van der Waals surface area contributed by atoms with Crippen LogP contribution < -0.4 is 26.2 Å². The zero-order valence-electron chi connectivity index (χ0n) is 71.6. The third-order valence-corrected chi connectivity index (χ3v) is 32.2. The number of fused-ring (bicyclic) bond motifs is 3. The summed E-state index contributed by atoms with van der Waals surface area (Å²) in [6, 6.07) is 58.9. The zero-order chi connectivity index (χ0) is 83.3. The Morgan fingerprint density at radius 2 is 0.675 bits per heavy atom. The number of rotatable bonds is 23. The summed E-state index contributed by atoms with van der Waals surface area (Å²) in [4.78, 5) is 55.8. The Bertz CT molecular complexity index is 5450. The predicted molar refractivity (Wildman–Crippen MR) is 499 cm³/mol. The highest BCUT2D eigenvalue weighted by Gasteiger charge is 2.38. The summed E-state index contributed by atoms with van der Waals surface area (Å²) in [6.07, 6.45) is 3.19. The first-order chi connectivity index (χ1) is 54.0. The van der Waals surface area contributed by atoms with E-state index in [1.807, 2.05) is 175 Å². The number of nitrogens with zero attached hydrogens (tertiary/aromatic N) is 6. The van der Waals surface area contributed by atoms with Crippen molar-refractivity contribution in [3.05, 3.63) is 263 Å². The third-order valence-electron chi connectivity index (χ3n) is 22.8. The second-order valence-electron chi connectivity index (χ2n) is 33.1. The SMILES string of the molecule is C.C.CC(C)(C)[Si](C)(C)OCCBr.CCC(C)c1ccc(-n2c(-c3cc(C)c(O)c(C)c3)nc3ccccc3c2=O)cc1.CCC(C)c1ccc(-n2c(-c3cc(C)c(OCCO)c(C)c3)nc3ccccc3c2=O)cc1.CCC(C)c1ccc(-n2c(-c3cc(C)c(OCCO[Si](C)(C)C(C)(C)C)c(C)c3)nc3ccccc3c2=O)cc1.F. The molecule has 0 aliphatic heterocycles. The van der Waals surface area contributed by atoms with E-state index < -0.39 is 16.6 Å². The molecule has 0 aliphatic carbocycles. The van der Waals surface area contributed by atoms with Gasteiger partial charge in [-0.15, -0.1) is 0 Å². The van der Waals surface area contributed by atoms with Crippen molar-refractivity contribution in [1.82, 2.24) is 28.7 Å². The van der Waals surface area contributed by atoms with Gasteiger partial charge in [0.1, 0.15) is 47.9 Å². The quantitative estimate of drug-likeness (QED) is 0.0352. The summed E-state index contributed by atoms with van der Waals surface area (Å²) in [5, 5.41) is 22.6. The van der Waals surface area contributed by atoms with Gasteiger partial charge in [-0.25, -0.2) is 15.0 Å². The standard InChI is InChI=1S/C34H44N2O3Si.C28H30N2O3.C26H26N2O2.C8H19BrOSi.2CH4.FH/c1-10-23(2)26-15-17-28(18-16-26)36-32(35-30-14-12-11-13-29(30)33(36)37)27-21-24(3)31(25(4)22-27)38-19-20-39-40(8,9)34(5,6)7;1-5-18(2)21-10-12-23(13-11-21)30-27(29-25-9-7-6-8-24(25)28(30)32)22-16-19(3)26(20(4)17-22)33-15-14-31;1-5-16(2)19-10-12-21(13-11-19)28-25(20-14-17(3)24(29)18(4)15-20)27-23-9-7-6-8-22(23)26(28)30;1-8(2,3)11(4,5)10-7-6-9;;;/h11-18,21-23H,10,19-20H2,1-9H3;6-13,16-18,31H,5,14-15H2,1-4H3;6-16,29H,5H2,1-4H3;6-7H2,1-5H3;2*1H4;1H. The predicted octanol–water partition coefficient (Wildman–Crippen LogP) is 24.9. The minimum atomic E-state index is -1.82. The van der Waals surface area contributed by atoms with Crippen LogP contribution in [0, 0.1) is 41.5 Å². The summed E-state index contributed by atoms with van der Waals surface area (Å²) in [5.41, 5.74) is 15.8. The van der Waals surface area contributed by atoms with E-state index in [1.165, 1.54) is 16.7 Å². The number of aromatic nitrogens is 6. The van der Waals surface area contributed by atoms with Gasteiger partial charge in [0, 0.05) is 28.6 Å². The second-order valence-corrected chi connectivity index (χ2v) is 43.6. The van der Waals surface area contributed by atoms with Crippen LogP contribution in [-0.4, -0.2) is 93.9 Å². The van der Waals surface area contributed by atoms with Gasteiger partial charge in [-0.2, -0.15) is 0 Å². The molecule has 0 saturated heterocycles. The van der Waals surface area contributed by atoms with Gasteiger partial charge in [0.05, 0.1) is 63.0 Å². The van der Waals surface area contributed by atoms with Gasteiger partial charge in [0.15, 0.2) is 16.6 Å². The number of ether oxygens (including phenoxy) is 2. The molecule has 0 fully saturated rings. The van der Waals surface area contributed by atoms with Crippen molar-refractivity contribution in [3.63, 3.8) is 0 Å². The number of aliphatic hydroxyl groups is 1. The Kier molecular flexibility index (Phi) is 34.4. The van der Waals surface area contributed by atoms with Crippen LogP contribution in [0.4, 0.5) is 4.70 Å². The summed E-state index contributed by atoms with van der Waals surface area (Å²) in [7, 11) is -3.28. The van der Waals surface area contributed by atoms with Crippen LogP contribution in [0.25, 0.3) is 83.9 Å². The van der Waals surface area contributed by atoms with Crippen LogP contribution in [0.2, 0.25) is 36.3 Å². The van der Waals surface area contributed by atoms with Crippen molar-refractivity contribution in [2.24, 2.45) is 0 Å². The van der Waals surface area contributed by atoms with Gasteiger partial charge >= 0.3 is 0 Å². The van der Waals surface area contributed by atoms with E-state index in [0.29, 0.717) is 86.2 Å². The molecule has 3 unspecified atom stereocenters. The molecule has 0 aliphatic rings. The minimum absolute atomic E-state index is 0. The highest BCUT2D eigenvalue weighted by molar-refractivity contribution is 9.09. The number of hydrogen-bond acceptors (Lipinski definition) is 12. The molecule has 0 saturated carbocycles. The number of phenolic OH excluding ortho intramolecular Hbond substituents is 1.